The Labute approximate surface area is 124 Å². The highest BCUT2D eigenvalue weighted by atomic mass is 16.5. The third-order valence-electron chi connectivity index (χ3n) is 2.93. The van der Waals surface area contributed by atoms with Crippen LogP contribution in [0.2, 0.25) is 0 Å². The van der Waals surface area contributed by atoms with Crippen LogP contribution in [-0.2, 0) is 4.79 Å². The summed E-state index contributed by atoms with van der Waals surface area (Å²) in [7, 11) is 0. The lowest BCUT2D eigenvalue weighted by molar-refractivity contribution is -0.123. The molecule has 1 aromatic heterocycles. The first-order chi connectivity index (χ1) is 10.1. The molecule has 5 heteroatoms. The third kappa shape index (κ3) is 4.80. The van der Waals surface area contributed by atoms with Gasteiger partial charge in [-0.25, -0.2) is 5.43 Å². The van der Waals surface area contributed by atoms with Gasteiger partial charge in [0.2, 0.25) is 0 Å². The van der Waals surface area contributed by atoms with E-state index >= 15 is 0 Å². The molecule has 0 aliphatic heterocycles. The summed E-state index contributed by atoms with van der Waals surface area (Å²) in [5, 5.41) is 3.83. The summed E-state index contributed by atoms with van der Waals surface area (Å²) in [6, 6.07) is 11.4. The molecular formula is C16H19N3O2. The zero-order valence-electron chi connectivity index (χ0n) is 12.2. The van der Waals surface area contributed by atoms with Gasteiger partial charge in [0.05, 0.1) is 11.9 Å². The molecule has 0 atom stereocenters. The number of hydrazone groups is 1. The highest BCUT2D eigenvalue weighted by Crippen LogP contribution is 2.18. The number of hydrogen-bond donors (Lipinski definition) is 2. The Morgan fingerprint density at radius 1 is 1.33 bits per heavy atom. The third-order valence-corrected chi connectivity index (χ3v) is 2.93. The molecule has 0 spiro atoms. The maximum absolute atomic E-state index is 11.6. The van der Waals surface area contributed by atoms with E-state index < -0.39 is 0 Å². The van der Waals surface area contributed by atoms with Gasteiger partial charge < -0.3 is 9.72 Å². The van der Waals surface area contributed by atoms with E-state index in [1.807, 2.05) is 36.4 Å². The minimum atomic E-state index is -0.300. The quantitative estimate of drug-likeness (QED) is 0.633. The van der Waals surface area contributed by atoms with Crippen LogP contribution in [0.5, 0.6) is 5.75 Å². The second kappa shape index (κ2) is 7.28. The van der Waals surface area contributed by atoms with Crippen molar-refractivity contribution in [3.63, 3.8) is 0 Å². The van der Waals surface area contributed by atoms with Crippen molar-refractivity contribution >= 4 is 12.1 Å². The number of nitrogens with one attached hydrogen (secondary N) is 2. The molecule has 21 heavy (non-hydrogen) atoms. The summed E-state index contributed by atoms with van der Waals surface area (Å²) >= 11 is 0. The highest BCUT2D eigenvalue weighted by molar-refractivity contribution is 5.81. The van der Waals surface area contributed by atoms with Gasteiger partial charge >= 0.3 is 0 Å². The number of benzene rings is 1. The van der Waals surface area contributed by atoms with Gasteiger partial charge in [-0.3, -0.25) is 4.79 Å². The van der Waals surface area contributed by atoms with E-state index in [9.17, 15) is 4.79 Å². The Kier molecular flexibility index (Phi) is 5.15. The molecule has 0 unspecified atom stereocenters. The topological polar surface area (TPSA) is 66.5 Å². The Morgan fingerprint density at radius 3 is 2.71 bits per heavy atom. The smallest absolute Gasteiger partial charge is 0.277 e. The van der Waals surface area contributed by atoms with E-state index in [-0.39, 0.29) is 12.5 Å². The second-order valence-corrected chi connectivity index (χ2v) is 4.93. The van der Waals surface area contributed by atoms with E-state index in [2.05, 4.69) is 29.4 Å². The number of nitrogens with zero attached hydrogens (tertiary/aromatic N) is 1. The lowest BCUT2D eigenvalue weighted by atomic mass is 10.0. The predicted octanol–water partition coefficient (Wildman–Crippen LogP) is 2.67. The van der Waals surface area contributed by atoms with E-state index in [0.717, 1.165) is 5.69 Å². The van der Waals surface area contributed by atoms with Crippen LogP contribution in [0.4, 0.5) is 0 Å². The number of amides is 1. The molecule has 0 aliphatic rings. The fourth-order valence-electron chi connectivity index (χ4n) is 1.73. The fourth-order valence-corrected chi connectivity index (χ4v) is 1.73. The van der Waals surface area contributed by atoms with Crippen molar-refractivity contribution in [3.05, 3.63) is 53.9 Å². The van der Waals surface area contributed by atoms with Gasteiger partial charge in [-0.05, 0) is 35.7 Å². The molecule has 0 fully saturated rings. The summed E-state index contributed by atoms with van der Waals surface area (Å²) in [4.78, 5) is 14.5. The van der Waals surface area contributed by atoms with Gasteiger partial charge in [0.25, 0.3) is 5.91 Å². The normalized spacial score (nSPS) is 11.0. The number of H-pyrrole nitrogens is 1. The zero-order chi connectivity index (χ0) is 15.1. The molecule has 0 saturated carbocycles. The van der Waals surface area contributed by atoms with Crippen LogP contribution >= 0.6 is 0 Å². The van der Waals surface area contributed by atoms with Gasteiger partial charge in [0.15, 0.2) is 6.61 Å². The number of carbonyl (C=O) groups excluding carboxylic acids is 1. The predicted molar refractivity (Wildman–Crippen MR) is 82.6 cm³/mol. The van der Waals surface area contributed by atoms with Crippen LogP contribution < -0.4 is 10.2 Å². The summed E-state index contributed by atoms with van der Waals surface area (Å²) in [6.07, 6.45) is 3.32. The minimum Gasteiger partial charge on any atom is -0.484 e. The number of hydrogen-bond acceptors (Lipinski definition) is 3. The molecule has 5 nitrogen and oxygen atoms in total. The molecule has 0 radical (unpaired) electrons. The molecule has 1 amide bonds. The van der Waals surface area contributed by atoms with E-state index in [1.165, 1.54) is 11.8 Å². The molecule has 110 valence electrons. The lowest BCUT2D eigenvalue weighted by Crippen LogP contribution is -2.24. The first-order valence-electron chi connectivity index (χ1n) is 6.83. The van der Waals surface area contributed by atoms with Crippen molar-refractivity contribution in [2.45, 2.75) is 19.8 Å². The summed E-state index contributed by atoms with van der Waals surface area (Å²) in [6.45, 7) is 4.19. The molecule has 1 aromatic carbocycles. The van der Waals surface area contributed by atoms with Crippen LogP contribution in [0, 0.1) is 0 Å². The van der Waals surface area contributed by atoms with Gasteiger partial charge in [0, 0.05) is 6.20 Å². The van der Waals surface area contributed by atoms with Crippen molar-refractivity contribution in [1.29, 1.82) is 0 Å². The highest BCUT2D eigenvalue weighted by Gasteiger charge is 2.03. The average molecular weight is 285 g/mol. The molecule has 2 N–H and O–H groups in total. The number of carbonyl (C=O) groups is 1. The molecule has 2 rings (SSSR count). The summed E-state index contributed by atoms with van der Waals surface area (Å²) < 4.78 is 5.40. The van der Waals surface area contributed by atoms with Crippen molar-refractivity contribution in [2.75, 3.05) is 6.61 Å². The van der Waals surface area contributed by atoms with Crippen molar-refractivity contribution < 1.29 is 9.53 Å². The molecule has 0 aliphatic carbocycles. The van der Waals surface area contributed by atoms with Gasteiger partial charge in [-0.15, -0.1) is 0 Å². The average Bonchev–Trinajstić information content (AvgIpc) is 2.99. The van der Waals surface area contributed by atoms with E-state index in [0.29, 0.717) is 11.7 Å². The van der Waals surface area contributed by atoms with E-state index in [4.69, 9.17) is 4.74 Å². The molecular weight excluding hydrogens is 266 g/mol. The van der Waals surface area contributed by atoms with Crippen LogP contribution in [0.15, 0.2) is 47.7 Å². The molecule has 0 saturated heterocycles. The number of ether oxygens (including phenoxy) is 1. The number of aromatic amines is 1. The maximum atomic E-state index is 11.6. The standard InChI is InChI=1S/C16H19N3O2/c1-12(2)13-5-7-15(8-6-13)21-11-16(20)19-18-10-14-4-3-9-17-14/h3-10,12,17H,11H2,1-2H3,(H,19,20). The zero-order valence-corrected chi connectivity index (χ0v) is 12.2. The van der Waals surface area contributed by atoms with Crippen LogP contribution in [0.3, 0.4) is 0 Å². The molecule has 0 bridgehead atoms. The van der Waals surface area contributed by atoms with Crippen molar-refractivity contribution in [3.8, 4) is 5.75 Å². The Bertz CT molecular complexity index is 586. The molecule has 1 heterocycles. The number of aromatic nitrogens is 1. The Morgan fingerprint density at radius 2 is 2.10 bits per heavy atom. The SMILES string of the molecule is CC(C)c1ccc(OCC(=O)NN=Cc2ccc[nH]2)cc1. The first kappa shape index (κ1) is 14.8. The largest absolute Gasteiger partial charge is 0.484 e. The van der Waals surface area contributed by atoms with Gasteiger partial charge in [0.1, 0.15) is 5.75 Å². The maximum Gasteiger partial charge on any atom is 0.277 e. The monoisotopic (exact) mass is 285 g/mol. The van der Waals surface area contributed by atoms with Crippen molar-refractivity contribution in [2.24, 2.45) is 5.10 Å². The van der Waals surface area contributed by atoms with Crippen LogP contribution in [0.1, 0.15) is 31.0 Å². The summed E-state index contributed by atoms with van der Waals surface area (Å²) in [5.41, 5.74) is 4.46. The minimum absolute atomic E-state index is 0.0664. The Balaban J connectivity index is 1.76. The van der Waals surface area contributed by atoms with E-state index in [1.54, 1.807) is 6.20 Å². The van der Waals surface area contributed by atoms with Gasteiger partial charge in [-0.1, -0.05) is 26.0 Å². The van der Waals surface area contributed by atoms with Crippen LogP contribution in [0.25, 0.3) is 0 Å². The summed E-state index contributed by atoms with van der Waals surface area (Å²) in [5.74, 6) is 0.846. The fraction of sp³-hybridized carbons (Fsp3) is 0.250. The lowest BCUT2D eigenvalue weighted by Gasteiger charge is -2.08. The number of rotatable bonds is 6. The van der Waals surface area contributed by atoms with Crippen LogP contribution in [-0.4, -0.2) is 23.7 Å². The molecule has 2 aromatic rings. The Hall–Kier alpha value is -2.56. The first-order valence-corrected chi connectivity index (χ1v) is 6.83. The van der Waals surface area contributed by atoms with Gasteiger partial charge in [-0.2, -0.15) is 5.10 Å². The second-order valence-electron chi connectivity index (χ2n) is 4.93. The van der Waals surface area contributed by atoms with Crippen molar-refractivity contribution in [1.82, 2.24) is 10.4 Å².